The maximum absolute atomic E-state index is 5.63. The third kappa shape index (κ3) is 2.59. The average molecular weight is 274 g/mol. The SMILES string of the molecule is CCOc1cccnc1NC1CCCc2sccc21. The minimum atomic E-state index is 0.365. The molecular weight excluding hydrogens is 256 g/mol. The van der Waals surface area contributed by atoms with Gasteiger partial charge in [-0.1, -0.05) is 0 Å². The van der Waals surface area contributed by atoms with Crippen LogP contribution in [-0.4, -0.2) is 11.6 Å². The number of nitrogens with one attached hydrogen (secondary N) is 1. The van der Waals surface area contributed by atoms with Crippen molar-refractivity contribution in [3.05, 3.63) is 40.2 Å². The molecule has 0 amide bonds. The molecule has 0 saturated heterocycles. The minimum Gasteiger partial charge on any atom is -0.490 e. The van der Waals surface area contributed by atoms with E-state index in [0.29, 0.717) is 12.6 Å². The molecule has 100 valence electrons. The standard InChI is InChI=1S/C15H18N2OS/c1-2-18-13-6-4-9-16-15(13)17-12-5-3-7-14-11(12)8-10-19-14/h4,6,8-10,12H,2-3,5,7H2,1H3,(H,16,17). The molecule has 2 heterocycles. The predicted molar refractivity (Wildman–Crippen MR) is 79.0 cm³/mol. The van der Waals surface area contributed by atoms with Crippen LogP contribution in [0.5, 0.6) is 5.75 Å². The minimum absolute atomic E-state index is 0.365. The van der Waals surface area contributed by atoms with Gasteiger partial charge >= 0.3 is 0 Å². The molecule has 3 rings (SSSR count). The number of pyridine rings is 1. The van der Waals surface area contributed by atoms with Crippen molar-refractivity contribution in [2.75, 3.05) is 11.9 Å². The summed E-state index contributed by atoms with van der Waals surface area (Å²) in [5, 5.41) is 5.73. The van der Waals surface area contributed by atoms with Gasteiger partial charge in [0.05, 0.1) is 12.6 Å². The molecule has 1 aliphatic carbocycles. The lowest BCUT2D eigenvalue weighted by Crippen LogP contribution is -2.17. The molecule has 1 unspecified atom stereocenters. The van der Waals surface area contributed by atoms with Gasteiger partial charge in [-0.15, -0.1) is 11.3 Å². The van der Waals surface area contributed by atoms with E-state index in [1.165, 1.54) is 23.3 Å². The molecule has 1 N–H and O–H groups in total. The first-order valence-corrected chi connectivity index (χ1v) is 7.67. The highest BCUT2D eigenvalue weighted by atomic mass is 32.1. The zero-order valence-electron chi connectivity index (χ0n) is 11.1. The van der Waals surface area contributed by atoms with E-state index >= 15 is 0 Å². The summed E-state index contributed by atoms with van der Waals surface area (Å²) >= 11 is 1.86. The molecule has 0 spiro atoms. The topological polar surface area (TPSA) is 34.1 Å². The molecule has 1 aliphatic rings. The quantitative estimate of drug-likeness (QED) is 0.914. The van der Waals surface area contributed by atoms with Gasteiger partial charge in [-0.05, 0) is 55.3 Å². The van der Waals surface area contributed by atoms with Gasteiger partial charge in [0.15, 0.2) is 11.6 Å². The van der Waals surface area contributed by atoms with Gasteiger partial charge in [-0.3, -0.25) is 0 Å². The first-order valence-electron chi connectivity index (χ1n) is 6.79. The molecule has 0 bridgehead atoms. The number of rotatable bonds is 4. The highest BCUT2D eigenvalue weighted by Gasteiger charge is 2.22. The Morgan fingerprint density at radius 1 is 1.47 bits per heavy atom. The van der Waals surface area contributed by atoms with E-state index in [4.69, 9.17) is 4.74 Å². The number of fused-ring (bicyclic) bond motifs is 1. The van der Waals surface area contributed by atoms with Crippen LogP contribution in [0.3, 0.4) is 0 Å². The number of anilines is 1. The Labute approximate surface area is 117 Å². The van der Waals surface area contributed by atoms with E-state index in [1.807, 2.05) is 36.6 Å². The van der Waals surface area contributed by atoms with E-state index in [0.717, 1.165) is 18.0 Å². The Morgan fingerprint density at radius 2 is 2.42 bits per heavy atom. The van der Waals surface area contributed by atoms with Gasteiger partial charge in [0, 0.05) is 11.1 Å². The van der Waals surface area contributed by atoms with Gasteiger partial charge < -0.3 is 10.1 Å². The second kappa shape index (κ2) is 5.61. The second-order valence-electron chi connectivity index (χ2n) is 4.67. The third-order valence-electron chi connectivity index (χ3n) is 3.43. The summed E-state index contributed by atoms with van der Waals surface area (Å²) in [5.74, 6) is 1.70. The number of hydrogen-bond acceptors (Lipinski definition) is 4. The summed E-state index contributed by atoms with van der Waals surface area (Å²) in [6.07, 6.45) is 5.42. The highest BCUT2D eigenvalue weighted by Crippen LogP contribution is 2.36. The number of aryl methyl sites for hydroxylation is 1. The van der Waals surface area contributed by atoms with E-state index in [2.05, 4.69) is 21.7 Å². The predicted octanol–water partition coefficient (Wildman–Crippen LogP) is 4.03. The summed E-state index contributed by atoms with van der Waals surface area (Å²) in [7, 11) is 0. The maximum Gasteiger partial charge on any atom is 0.169 e. The van der Waals surface area contributed by atoms with Crippen LogP contribution in [0.15, 0.2) is 29.8 Å². The highest BCUT2D eigenvalue weighted by molar-refractivity contribution is 7.10. The van der Waals surface area contributed by atoms with Gasteiger partial charge in [-0.2, -0.15) is 0 Å². The van der Waals surface area contributed by atoms with Crippen molar-refractivity contribution >= 4 is 17.2 Å². The Morgan fingerprint density at radius 3 is 3.32 bits per heavy atom. The fourth-order valence-corrected chi connectivity index (χ4v) is 3.56. The summed E-state index contributed by atoms with van der Waals surface area (Å²) < 4.78 is 5.63. The molecule has 2 aromatic heterocycles. The molecule has 0 fully saturated rings. The van der Waals surface area contributed by atoms with Crippen LogP contribution in [0.4, 0.5) is 5.82 Å². The maximum atomic E-state index is 5.63. The summed E-state index contributed by atoms with van der Waals surface area (Å²) in [6.45, 7) is 2.66. The first-order chi connectivity index (χ1) is 9.38. The zero-order chi connectivity index (χ0) is 13.1. The monoisotopic (exact) mass is 274 g/mol. The smallest absolute Gasteiger partial charge is 0.169 e. The number of ether oxygens (including phenoxy) is 1. The third-order valence-corrected chi connectivity index (χ3v) is 4.43. The first kappa shape index (κ1) is 12.5. The van der Waals surface area contributed by atoms with Gasteiger partial charge in [0.25, 0.3) is 0 Å². The van der Waals surface area contributed by atoms with Crippen LogP contribution in [0.1, 0.15) is 36.2 Å². The summed E-state index contributed by atoms with van der Waals surface area (Å²) in [5.41, 5.74) is 1.43. The van der Waals surface area contributed by atoms with E-state index < -0.39 is 0 Å². The summed E-state index contributed by atoms with van der Waals surface area (Å²) in [6, 6.07) is 6.48. The van der Waals surface area contributed by atoms with Crippen LogP contribution in [-0.2, 0) is 6.42 Å². The molecule has 0 radical (unpaired) electrons. The Bertz CT molecular complexity index is 553. The lowest BCUT2D eigenvalue weighted by molar-refractivity contribution is 0.340. The molecule has 19 heavy (non-hydrogen) atoms. The van der Waals surface area contributed by atoms with E-state index in [9.17, 15) is 0 Å². The molecule has 0 aliphatic heterocycles. The fraction of sp³-hybridized carbons (Fsp3) is 0.400. The van der Waals surface area contributed by atoms with Crippen molar-refractivity contribution in [2.24, 2.45) is 0 Å². The normalized spacial score (nSPS) is 17.8. The Balaban J connectivity index is 1.83. The molecule has 1 atom stereocenters. The van der Waals surface area contributed by atoms with Crippen LogP contribution in [0.2, 0.25) is 0 Å². The average Bonchev–Trinajstić information content (AvgIpc) is 2.91. The van der Waals surface area contributed by atoms with Crippen LogP contribution in [0.25, 0.3) is 0 Å². The summed E-state index contributed by atoms with van der Waals surface area (Å²) in [4.78, 5) is 5.93. The molecule has 2 aromatic rings. The van der Waals surface area contributed by atoms with Crippen molar-refractivity contribution in [1.29, 1.82) is 0 Å². The van der Waals surface area contributed by atoms with Crippen molar-refractivity contribution in [2.45, 2.75) is 32.2 Å². The Hall–Kier alpha value is -1.55. The van der Waals surface area contributed by atoms with Crippen molar-refractivity contribution < 1.29 is 4.74 Å². The van der Waals surface area contributed by atoms with Crippen molar-refractivity contribution in [1.82, 2.24) is 4.98 Å². The molecule has 0 saturated carbocycles. The second-order valence-corrected chi connectivity index (χ2v) is 5.67. The lowest BCUT2D eigenvalue weighted by atomic mass is 9.94. The number of thiophene rings is 1. The van der Waals surface area contributed by atoms with Gasteiger partial charge in [0.2, 0.25) is 0 Å². The zero-order valence-corrected chi connectivity index (χ0v) is 11.9. The van der Waals surface area contributed by atoms with Crippen LogP contribution < -0.4 is 10.1 Å². The Kier molecular flexibility index (Phi) is 3.69. The molecule has 0 aromatic carbocycles. The van der Waals surface area contributed by atoms with Crippen molar-refractivity contribution in [3.63, 3.8) is 0 Å². The number of hydrogen-bond donors (Lipinski definition) is 1. The van der Waals surface area contributed by atoms with Crippen molar-refractivity contribution in [3.8, 4) is 5.75 Å². The van der Waals surface area contributed by atoms with Gasteiger partial charge in [-0.25, -0.2) is 4.98 Å². The molecule has 4 heteroatoms. The molecule has 3 nitrogen and oxygen atoms in total. The largest absolute Gasteiger partial charge is 0.490 e. The lowest BCUT2D eigenvalue weighted by Gasteiger charge is -2.25. The van der Waals surface area contributed by atoms with E-state index in [1.54, 1.807) is 0 Å². The fourth-order valence-electron chi connectivity index (χ4n) is 2.57. The number of aromatic nitrogens is 1. The van der Waals surface area contributed by atoms with Crippen LogP contribution in [0, 0.1) is 0 Å². The van der Waals surface area contributed by atoms with Gasteiger partial charge in [0.1, 0.15) is 0 Å². The number of nitrogens with zero attached hydrogens (tertiary/aromatic N) is 1. The molecular formula is C15H18N2OS. The van der Waals surface area contributed by atoms with E-state index in [-0.39, 0.29) is 0 Å². The van der Waals surface area contributed by atoms with Crippen LogP contribution >= 0.6 is 11.3 Å².